The highest BCUT2D eigenvalue weighted by Crippen LogP contribution is 2.35. The summed E-state index contributed by atoms with van der Waals surface area (Å²) in [6.07, 6.45) is 1.04. The van der Waals surface area contributed by atoms with Gasteiger partial charge in [-0.1, -0.05) is 6.07 Å². The monoisotopic (exact) mass is 317 g/mol. The fourth-order valence-electron chi connectivity index (χ4n) is 2.95. The van der Waals surface area contributed by atoms with E-state index in [0.29, 0.717) is 35.2 Å². The number of fused-ring (bicyclic) bond motifs is 3. The summed E-state index contributed by atoms with van der Waals surface area (Å²) in [6.45, 7) is 0.857. The molecule has 1 N–H and O–H groups in total. The lowest BCUT2D eigenvalue weighted by atomic mass is 10.0. The molecule has 0 bridgehead atoms. The first-order valence-corrected chi connectivity index (χ1v) is 6.97. The van der Waals surface area contributed by atoms with Crippen LogP contribution in [0.3, 0.4) is 0 Å². The van der Waals surface area contributed by atoms with Gasteiger partial charge in [0, 0.05) is 24.7 Å². The molecule has 1 aromatic carbocycles. The summed E-state index contributed by atoms with van der Waals surface area (Å²) in [7, 11) is 0. The summed E-state index contributed by atoms with van der Waals surface area (Å²) in [5.41, 5.74) is 1.80. The van der Waals surface area contributed by atoms with E-state index < -0.39 is 17.5 Å². The minimum absolute atomic E-state index is 0.273. The van der Waals surface area contributed by atoms with Gasteiger partial charge in [-0.05, 0) is 17.7 Å². The van der Waals surface area contributed by atoms with Gasteiger partial charge in [-0.2, -0.15) is 0 Å². The zero-order valence-corrected chi connectivity index (χ0v) is 11.7. The quantitative estimate of drug-likeness (QED) is 0.750. The van der Waals surface area contributed by atoms with Crippen LogP contribution in [0.1, 0.15) is 10.5 Å². The van der Waals surface area contributed by atoms with Crippen molar-refractivity contribution in [2.24, 2.45) is 0 Å². The number of amides is 1. The van der Waals surface area contributed by atoms with Crippen molar-refractivity contribution < 1.29 is 18.0 Å². The third-order valence-corrected chi connectivity index (χ3v) is 3.91. The number of carbonyl (C=O) groups excluding carboxylic acids is 1. The number of carbonyl (C=O) groups is 1. The normalized spacial score (nSPS) is 14.0. The molecule has 0 aliphatic carbocycles. The molecule has 4 rings (SSSR count). The van der Waals surface area contributed by atoms with Crippen LogP contribution in [-0.4, -0.2) is 22.0 Å². The van der Waals surface area contributed by atoms with Gasteiger partial charge in [0.25, 0.3) is 5.91 Å². The van der Waals surface area contributed by atoms with Gasteiger partial charge >= 0.3 is 0 Å². The maximum Gasteiger partial charge on any atom is 0.268 e. The average Bonchev–Trinajstić information content (AvgIpc) is 2.85. The van der Waals surface area contributed by atoms with Crippen molar-refractivity contribution >= 4 is 16.9 Å². The fourth-order valence-corrected chi connectivity index (χ4v) is 2.95. The van der Waals surface area contributed by atoms with Gasteiger partial charge in [0.1, 0.15) is 11.5 Å². The molecule has 0 radical (unpaired) electrons. The van der Waals surface area contributed by atoms with Crippen LogP contribution < -0.4 is 5.32 Å². The number of nitrogens with zero attached hydrogens (tertiary/aromatic N) is 2. The number of hydrogen-bond acceptors (Lipinski definition) is 2. The molecule has 1 aliphatic heterocycles. The Labute approximate surface area is 128 Å². The van der Waals surface area contributed by atoms with Crippen LogP contribution in [0.5, 0.6) is 0 Å². The van der Waals surface area contributed by atoms with E-state index in [1.165, 1.54) is 12.1 Å². The number of benzene rings is 1. The summed E-state index contributed by atoms with van der Waals surface area (Å²) in [5.74, 6) is -2.88. The van der Waals surface area contributed by atoms with Gasteiger partial charge in [-0.3, -0.25) is 9.78 Å². The molecule has 1 amide bonds. The zero-order chi connectivity index (χ0) is 16.1. The molecule has 1 aliphatic rings. The molecular weight excluding hydrogens is 307 g/mol. The maximum absolute atomic E-state index is 13.6. The van der Waals surface area contributed by atoms with E-state index in [-0.39, 0.29) is 11.6 Å². The fraction of sp³-hybridized carbons (Fsp3) is 0.125. The van der Waals surface area contributed by atoms with Crippen LogP contribution in [0.25, 0.3) is 22.2 Å². The van der Waals surface area contributed by atoms with Crippen molar-refractivity contribution in [3.63, 3.8) is 0 Å². The highest BCUT2D eigenvalue weighted by atomic mass is 19.2. The summed E-state index contributed by atoms with van der Waals surface area (Å²) in [4.78, 5) is 16.3. The largest absolute Gasteiger partial charge is 0.349 e. The van der Waals surface area contributed by atoms with Crippen molar-refractivity contribution in [1.29, 1.82) is 0 Å². The van der Waals surface area contributed by atoms with Crippen LogP contribution in [0, 0.1) is 17.5 Å². The smallest absolute Gasteiger partial charge is 0.268 e. The van der Waals surface area contributed by atoms with Crippen molar-refractivity contribution in [2.75, 3.05) is 6.54 Å². The van der Waals surface area contributed by atoms with Crippen LogP contribution in [0.15, 0.2) is 30.5 Å². The Balaban J connectivity index is 2.11. The molecule has 2 aromatic heterocycles. The second-order valence-corrected chi connectivity index (χ2v) is 5.28. The van der Waals surface area contributed by atoms with Crippen LogP contribution in [0.4, 0.5) is 13.2 Å². The molecule has 0 saturated carbocycles. The van der Waals surface area contributed by atoms with E-state index in [4.69, 9.17) is 0 Å². The Kier molecular flexibility index (Phi) is 2.90. The number of aromatic nitrogens is 2. The van der Waals surface area contributed by atoms with E-state index in [1.54, 1.807) is 4.57 Å². The Bertz CT molecular complexity index is 965. The lowest BCUT2D eigenvalue weighted by molar-refractivity contribution is 0.0930. The highest BCUT2D eigenvalue weighted by Gasteiger charge is 2.28. The van der Waals surface area contributed by atoms with E-state index in [2.05, 4.69) is 10.3 Å². The SMILES string of the molecule is O=C1NCCn2c1c(-c1ccc(F)c(F)c1)c1ncc(F)cc12. The molecule has 0 unspecified atom stereocenters. The molecular formula is C16H10F3N3O. The summed E-state index contributed by atoms with van der Waals surface area (Å²) >= 11 is 0. The van der Waals surface area contributed by atoms with Crippen molar-refractivity contribution in [3.05, 3.63) is 53.6 Å². The third-order valence-electron chi connectivity index (χ3n) is 3.91. The molecule has 7 heteroatoms. The summed E-state index contributed by atoms with van der Waals surface area (Å²) in [5, 5.41) is 2.70. The first-order chi connectivity index (χ1) is 11.1. The predicted molar refractivity (Wildman–Crippen MR) is 77.4 cm³/mol. The summed E-state index contributed by atoms with van der Waals surface area (Å²) in [6, 6.07) is 4.66. The molecule has 4 nitrogen and oxygen atoms in total. The number of pyridine rings is 1. The average molecular weight is 317 g/mol. The molecule has 0 saturated heterocycles. The van der Waals surface area contributed by atoms with Crippen molar-refractivity contribution in [3.8, 4) is 11.1 Å². The van der Waals surface area contributed by atoms with Crippen LogP contribution >= 0.6 is 0 Å². The minimum Gasteiger partial charge on any atom is -0.349 e. The maximum atomic E-state index is 13.6. The Hall–Kier alpha value is -2.83. The standard InChI is InChI=1S/C16H10F3N3O/c17-9-6-12-14(21-7-9)13(8-1-2-10(18)11(19)5-8)15-16(23)20-3-4-22(12)15/h1-2,5-7H,3-4H2,(H,20,23). The molecule has 116 valence electrons. The molecule has 3 heterocycles. The number of rotatable bonds is 1. The van der Waals surface area contributed by atoms with Crippen LogP contribution in [0.2, 0.25) is 0 Å². The Morgan fingerprint density at radius 3 is 2.74 bits per heavy atom. The second-order valence-electron chi connectivity index (χ2n) is 5.28. The lowest BCUT2D eigenvalue weighted by Crippen LogP contribution is -2.35. The predicted octanol–water partition coefficient (Wildman–Crippen LogP) is 2.86. The Morgan fingerprint density at radius 2 is 1.96 bits per heavy atom. The molecule has 0 fully saturated rings. The zero-order valence-electron chi connectivity index (χ0n) is 11.7. The van der Waals surface area contributed by atoms with Gasteiger partial charge < -0.3 is 9.88 Å². The second kappa shape index (κ2) is 4.84. The van der Waals surface area contributed by atoms with Crippen LogP contribution in [-0.2, 0) is 6.54 Å². The van der Waals surface area contributed by atoms with Crippen molar-refractivity contribution in [1.82, 2.24) is 14.9 Å². The first kappa shape index (κ1) is 13.8. The number of nitrogens with one attached hydrogen (secondary N) is 1. The van der Waals surface area contributed by atoms with Gasteiger partial charge in [-0.25, -0.2) is 13.2 Å². The van der Waals surface area contributed by atoms with E-state index in [1.807, 2.05) is 0 Å². The van der Waals surface area contributed by atoms with Crippen molar-refractivity contribution in [2.45, 2.75) is 6.54 Å². The van der Waals surface area contributed by atoms with E-state index in [0.717, 1.165) is 18.3 Å². The number of hydrogen-bond donors (Lipinski definition) is 1. The van der Waals surface area contributed by atoms with E-state index >= 15 is 0 Å². The third kappa shape index (κ3) is 2.00. The minimum atomic E-state index is -1.02. The highest BCUT2D eigenvalue weighted by molar-refractivity contribution is 6.09. The molecule has 23 heavy (non-hydrogen) atoms. The topological polar surface area (TPSA) is 46.9 Å². The first-order valence-electron chi connectivity index (χ1n) is 6.97. The van der Waals surface area contributed by atoms with Gasteiger partial charge in [-0.15, -0.1) is 0 Å². The molecule has 0 atom stereocenters. The Morgan fingerprint density at radius 1 is 1.13 bits per heavy atom. The summed E-state index contributed by atoms with van der Waals surface area (Å²) < 4.78 is 42.0. The molecule has 3 aromatic rings. The number of halogens is 3. The van der Waals surface area contributed by atoms with Gasteiger partial charge in [0.2, 0.25) is 0 Å². The molecule has 0 spiro atoms. The lowest BCUT2D eigenvalue weighted by Gasteiger charge is -2.17. The van der Waals surface area contributed by atoms with Gasteiger partial charge in [0.05, 0.1) is 17.2 Å². The van der Waals surface area contributed by atoms with Gasteiger partial charge in [0.15, 0.2) is 11.6 Å². The van der Waals surface area contributed by atoms with E-state index in [9.17, 15) is 18.0 Å².